The van der Waals surface area contributed by atoms with Crippen molar-refractivity contribution in [3.63, 3.8) is 0 Å². The largest absolute Gasteiger partial charge is 0.493 e. The van der Waals surface area contributed by atoms with Crippen molar-refractivity contribution in [1.82, 2.24) is 9.62 Å². The average molecular weight is 561 g/mol. The molecule has 1 heterocycles. The number of carbonyl (C=O) groups excluding carboxylic acids is 1. The monoisotopic (exact) mass is 560 g/mol. The minimum atomic E-state index is -3.81. The minimum Gasteiger partial charge on any atom is -0.493 e. The Morgan fingerprint density at radius 2 is 1.75 bits per heavy atom. The Bertz CT molecular complexity index is 1210. The van der Waals surface area contributed by atoms with Crippen LogP contribution in [-0.4, -0.2) is 51.9 Å². The molecule has 36 heavy (non-hydrogen) atoms. The van der Waals surface area contributed by atoms with Crippen LogP contribution in [0.15, 0.2) is 30.3 Å². The molecule has 2 aliphatic rings. The van der Waals surface area contributed by atoms with E-state index in [0.717, 1.165) is 37.5 Å². The van der Waals surface area contributed by atoms with Gasteiger partial charge in [-0.15, -0.1) is 0 Å². The molecular weight excluding hydrogens is 533 g/mol. The lowest BCUT2D eigenvalue weighted by atomic mass is 9.95. The Labute approximate surface area is 220 Å². The standard InChI is InChI=1S/C25H28Cl2F2N2O4S/c1-36(33,34)30-25(32)21-11-20(16-2-3-16)24(12-22(21)29)35-14-15-4-6-31(7-5-15)23(13-28)17-8-18(26)10-19(27)9-17/h8-12,15-16,23H,2-7,13-14H2,1H3,(H,30,32). The second-order valence-electron chi connectivity index (χ2n) is 9.51. The van der Waals surface area contributed by atoms with Crippen LogP contribution in [0, 0.1) is 11.7 Å². The van der Waals surface area contributed by atoms with E-state index >= 15 is 0 Å². The molecule has 1 saturated carbocycles. The summed E-state index contributed by atoms with van der Waals surface area (Å²) in [5, 5.41) is 0.940. The van der Waals surface area contributed by atoms with Gasteiger partial charge in [0.15, 0.2) is 0 Å². The number of nitrogens with one attached hydrogen (secondary N) is 1. The Morgan fingerprint density at radius 1 is 1.11 bits per heavy atom. The summed E-state index contributed by atoms with van der Waals surface area (Å²) in [6.07, 6.45) is 4.19. The van der Waals surface area contributed by atoms with E-state index in [9.17, 15) is 22.0 Å². The van der Waals surface area contributed by atoms with E-state index in [1.54, 1.807) is 18.2 Å². The van der Waals surface area contributed by atoms with Crippen LogP contribution in [0.1, 0.15) is 59.1 Å². The second-order valence-corrected chi connectivity index (χ2v) is 12.1. The van der Waals surface area contributed by atoms with Gasteiger partial charge < -0.3 is 4.74 Å². The maximum Gasteiger partial charge on any atom is 0.267 e. The first kappa shape index (κ1) is 27.1. The SMILES string of the molecule is CS(=O)(=O)NC(=O)c1cc(C2CC2)c(OCC2CCN(C(CF)c3cc(Cl)cc(Cl)c3)CC2)cc1F. The number of halogens is 4. The van der Waals surface area contributed by atoms with Crippen molar-refractivity contribution in [1.29, 1.82) is 0 Å². The number of sulfonamides is 1. The first-order valence-electron chi connectivity index (χ1n) is 11.8. The molecule has 1 unspecified atom stereocenters. The molecule has 1 amide bonds. The van der Waals surface area contributed by atoms with E-state index in [1.165, 1.54) is 12.1 Å². The number of nitrogens with zero attached hydrogens (tertiary/aromatic N) is 1. The summed E-state index contributed by atoms with van der Waals surface area (Å²) in [5.74, 6) is -1.10. The highest BCUT2D eigenvalue weighted by Gasteiger charge is 2.31. The number of likely N-dealkylation sites (tertiary alicyclic amines) is 1. The summed E-state index contributed by atoms with van der Waals surface area (Å²) in [6, 6.07) is 7.23. The van der Waals surface area contributed by atoms with E-state index in [1.807, 2.05) is 4.72 Å². The molecule has 2 aromatic rings. The Hall–Kier alpha value is -1.94. The molecule has 0 spiro atoms. The summed E-state index contributed by atoms with van der Waals surface area (Å²) in [4.78, 5) is 14.3. The maximum atomic E-state index is 14.7. The number of benzene rings is 2. The number of hydrogen-bond donors (Lipinski definition) is 1. The third-order valence-electron chi connectivity index (χ3n) is 6.62. The van der Waals surface area contributed by atoms with Gasteiger partial charge in [0, 0.05) is 16.1 Å². The third-order valence-corrected chi connectivity index (χ3v) is 7.61. The van der Waals surface area contributed by atoms with Crippen molar-refractivity contribution in [3.05, 3.63) is 62.9 Å². The molecule has 1 aliphatic carbocycles. The molecule has 4 rings (SSSR count). The minimum absolute atomic E-state index is 0.155. The van der Waals surface area contributed by atoms with Gasteiger partial charge in [-0.2, -0.15) is 0 Å². The van der Waals surface area contributed by atoms with Crippen LogP contribution in [0.25, 0.3) is 0 Å². The normalized spacial score (nSPS) is 18.1. The van der Waals surface area contributed by atoms with E-state index in [0.29, 0.717) is 41.1 Å². The van der Waals surface area contributed by atoms with Crippen molar-refractivity contribution in [3.8, 4) is 5.75 Å². The van der Waals surface area contributed by atoms with Crippen LogP contribution in [0.3, 0.4) is 0 Å². The van der Waals surface area contributed by atoms with Gasteiger partial charge in [-0.05, 0) is 86.0 Å². The summed E-state index contributed by atoms with van der Waals surface area (Å²) in [7, 11) is -3.81. The van der Waals surface area contributed by atoms with Gasteiger partial charge in [-0.25, -0.2) is 21.9 Å². The summed E-state index contributed by atoms with van der Waals surface area (Å²) in [6.45, 7) is 1.15. The first-order valence-corrected chi connectivity index (χ1v) is 14.4. The highest BCUT2D eigenvalue weighted by molar-refractivity contribution is 7.89. The van der Waals surface area contributed by atoms with E-state index in [-0.39, 0.29) is 17.4 Å². The smallest absolute Gasteiger partial charge is 0.267 e. The van der Waals surface area contributed by atoms with E-state index in [4.69, 9.17) is 27.9 Å². The van der Waals surface area contributed by atoms with Crippen LogP contribution < -0.4 is 9.46 Å². The van der Waals surface area contributed by atoms with Crippen molar-refractivity contribution < 1.29 is 26.7 Å². The molecule has 6 nitrogen and oxygen atoms in total. The number of carbonyl (C=O) groups is 1. The quantitative estimate of drug-likeness (QED) is 0.438. The highest BCUT2D eigenvalue weighted by atomic mass is 35.5. The van der Waals surface area contributed by atoms with Gasteiger partial charge in [0.05, 0.1) is 24.5 Å². The molecule has 2 fully saturated rings. The topological polar surface area (TPSA) is 75.7 Å². The van der Waals surface area contributed by atoms with Crippen LogP contribution in [-0.2, 0) is 10.0 Å². The van der Waals surface area contributed by atoms with Gasteiger partial charge in [0.25, 0.3) is 5.91 Å². The average Bonchev–Trinajstić information content (AvgIpc) is 3.62. The van der Waals surface area contributed by atoms with E-state index in [2.05, 4.69) is 4.90 Å². The Balaban J connectivity index is 1.39. The second kappa shape index (κ2) is 11.2. The Kier molecular flexibility index (Phi) is 8.44. The maximum absolute atomic E-state index is 14.7. The predicted molar refractivity (Wildman–Crippen MR) is 136 cm³/mol. The molecule has 2 aromatic carbocycles. The predicted octanol–water partition coefficient (Wildman–Crippen LogP) is 5.50. The van der Waals surface area contributed by atoms with Crippen molar-refractivity contribution in [2.45, 2.75) is 37.6 Å². The molecule has 11 heteroatoms. The number of rotatable bonds is 9. The van der Waals surface area contributed by atoms with E-state index < -0.39 is 34.5 Å². The lowest BCUT2D eigenvalue weighted by molar-refractivity contribution is 0.0933. The molecular formula is C25H28Cl2F2N2O4S. The van der Waals surface area contributed by atoms with Crippen LogP contribution in [0.5, 0.6) is 5.75 Å². The van der Waals surface area contributed by atoms with Gasteiger partial charge in [-0.3, -0.25) is 9.69 Å². The number of amides is 1. The van der Waals surface area contributed by atoms with Crippen LogP contribution in [0.4, 0.5) is 8.78 Å². The molecule has 1 N–H and O–H groups in total. The van der Waals surface area contributed by atoms with Gasteiger partial charge in [-0.1, -0.05) is 23.2 Å². The fourth-order valence-corrected chi connectivity index (χ4v) is 5.60. The number of ether oxygens (including phenoxy) is 1. The number of alkyl halides is 1. The number of piperidine rings is 1. The van der Waals surface area contributed by atoms with Crippen molar-refractivity contribution >= 4 is 39.1 Å². The molecule has 1 atom stereocenters. The number of hydrogen-bond acceptors (Lipinski definition) is 5. The zero-order valence-electron chi connectivity index (χ0n) is 19.8. The molecule has 1 saturated heterocycles. The molecule has 1 aliphatic heterocycles. The summed E-state index contributed by atoms with van der Waals surface area (Å²) < 4.78 is 59.2. The van der Waals surface area contributed by atoms with Gasteiger partial charge >= 0.3 is 0 Å². The lowest BCUT2D eigenvalue weighted by Gasteiger charge is -2.36. The third kappa shape index (κ3) is 6.88. The fraction of sp³-hybridized carbons (Fsp3) is 0.480. The van der Waals surface area contributed by atoms with Crippen LogP contribution in [0.2, 0.25) is 10.0 Å². The molecule has 0 radical (unpaired) electrons. The first-order chi connectivity index (χ1) is 17.0. The van der Waals surface area contributed by atoms with Gasteiger partial charge in [0.1, 0.15) is 18.2 Å². The lowest BCUT2D eigenvalue weighted by Crippen LogP contribution is -2.39. The van der Waals surface area contributed by atoms with Crippen molar-refractivity contribution in [2.24, 2.45) is 5.92 Å². The summed E-state index contributed by atoms with van der Waals surface area (Å²) >= 11 is 12.2. The molecule has 0 aromatic heterocycles. The van der Waals surface area contributed by atoms with Crippen LogP contribution >= 0.6 is 23.2 Å². The molecule has 196 valence electrons. The van der Waals surface area contributed by atoms with Gasteiger partial charge in [0.2, 0.25) is 10.0 Å². The zero-order valence-corrected chi connectivity index (χ0v) is 22.1. The fourth-order valence-electron chi connectivity index (χ4n) is 4.61. The Morgan fingerprint density at radius 3 is 2.31 bits per heavy atom. The molecule has 0 bridgehead atoms. The zero-order chi connectivity index (χ0) is 26.0. The summed E-state index contributed by atoms with van der Waals surface area (Å²) in [5.41, 5.74) is 1.14. The van der Waals surface area contributed by atoms with Crippen molar-refractivity contribution in [2.75, 3.05) is 32.6 Å². The highest BCUT2D eigenvalue weighted by Crippen LogP contribution is 2.45.